The Hall–Kier alpha value is -1.73. The van der Waals surface area contributed by atoms with Gasteiger partial charge in [-0.2, -0.15) is 5.10 Å². The summed E-state index contributed by atoms with van der Waals surface area (Å²) < 4.78 is 12.2. The van der Waals surface area contributed by atoms with Gasteiger partial charge >= 0.3 is 0 Å². The molecule has 7 heteroatoms. The first-order valence-electron chi connectivity index (χ1n) is 6.32. The molecule has 1 saturated heterocycles. The van der Waals surface area contributed by atoms with Gasteiger partial charge in [0.15, 0.2) is 5.65 Å². The zero-order valence-corrected chi connectivity index (χ0v) is 10.8. The average molecular weight is 264 g/mol. The zero-order chi connectivity index (χ0) is 13.2. The Balaban J connectivity index is 2.07. The molecule has 1 aliphatic rings. The predicted octanol–water partition coefficient (Wildman–Crippen LogP) is 0.617. The first-order valence-corrected chi connectivity index (χ1v) is 6.32. The SMILES string of the molecule is COCc1nc2c(cnn2C2CCOCC2)c(=O)[nH]1. The summed E-state index contributed by atoms with van der Waals surface area (Å²) in [4.78, 5) is 19.1. The lowest BCUT2D eigenvalue weighted by Gasteiger charge is -2.22. The van der Waals surface area contributed by atoms with Gasteiger partial charge < -0.3 is 14.5 Å². The van der Waals surface area contributed by atoms with Crippen LogP contribution >= 0.6 is 0 Å². The van der Waals surface area contributed by atoms with Crippen molar-refractivity contribution in [1.29, 1.82) is 0 Å². The van der Waals surface area contributed by atoms with Crippen molar-refractivity contribution in [3.05, 3.63) is 22.4 Å². The summed E-state index contributed by atoms with van der Waals surface area (Å²) in [6, 6.07) is 0.246. The minimum absolute atomic E-state index is 0.171. The number of ether oxygens (including phenoxy) is 2. The number of nitrogens with one attached hydrogen (secondary N) is 1. The molecule has 2 aromatic heterocycles. The maximum atomic E-state index is 11.9. The molecule has 0 bridgehead atoms. The largest absolute Gasteiger partial charge is 0.381 e. The van der Waals surface area contributed by atoms with Crippen LogP contribution in [0.25, 0.3) is 11.0 Å². The van der Waals surface area contributed by atoms with Gasteiger partial charge in [-0.1, -0.05) is 0 Å². The number of rotatable bonds is 3. The van der Waals surface area contributed by atoms with Crippen molar-refractivity contribution in [2.24, 2.45) is 0 Å². The molecule has 1 aliphatic heterocycles. The van der Waals surface area contributed by atoms with E-state index in [1.165, 1.54) is 0 Å². The molecule has 7 nitrogen and oxygen atoms in total. The maximum absolute atomic E-state index is 11.9. The Morgan fingerprint density at radius 3 is 3.05 bits per heavy atom. The second kappa shape index (κ2) is 5.10. The fourth-order valence-corrected chi connectivity index (χ4v) is 2.38. The van der Waals surface area contributed by atoms with Crippen molar-refractivity contribution in [3.8, 4) is 0 Å². The van der Waals surface area contributed by atoms with Gasteiger partial charge in [-0.05, 0) is 12.8 Å². The standard InChI is InChI=1S/C12H16N4O3/c1-18-7-10-14-11-9(12(17)15-10)6-13-16(11)8-2-4-19-5-3-8/h6,8H,2-5,7H2,1H3,(H,14,15,17). The summed E-state index contributed by atoms with van der Waals surface area (Å²) >= 11 is 0. The Morgan fingerprint density at radius 2 is 2.32 bits per heavy atom. The molecule has 0 saturated carbocycles. The first kappa shape index (κ1) is 12.3. The lowest BCUT2D eigenvalue weighted by atomic mass is 10.1. The van der Waals surface area contributed by atoms with Crippen LogP contribution in [-0.2, 0) is 16.1 Å². The van der Waals surface area contributed by atoms with Gasteiger partial charge in [0.05, 0.1) is 12.2 Å². The van der Waals surface area contributed by atoms with Crippen LogP contribution in [0.5, 0.6) is 0 Å². The Morgan fingerprint density at radius 1 is 1.53 bits per heavy atom. The number of hydrogen-bond donors (Lipinski definition) is 1. The van der Waals surface area contributed by atoms with Crippen LogP contribution in [-0.4, -0.2) is 40.1 Å². The topological polar surface area (TPSA) is 82.0 Å². The number of aromatic nitrogens is 4. The molecule has 0 spiro atoms. The van der Waals surface area contributed by atoms with E-state index in [0.29, 0.717) is 16.9 Å². The van der Waals surface area contributed by atoms with Crippen molar-refractivity contribution in [1.82, 2.24) is 19.7 Å². The summed E-state index contributed by atoms with van der Waals surface area (Å²) in [5, 5.41) is 4.84. The van der Waals surface area contributed by atoms with Crippen LogP contribution in [0.1, 0.15) is 24.7 Å². The summed E-state index contributed by atoms with van der Waals surface area (Å²) in [6.07, 6.45) is 3.36. The van der Waals surface area contributed by atoms with E-state index in [1.54, 1.807) is 13.3 Å². The molecule has 0 radical (unpaired) electrons. The maximum Gasteiger partial charge on any atom is 0.262 e. The van der Waals surface area contributed by atoms with Gasteiger partial charge in [-0.15, -0.1) is 0 Å². The zero-order valence-electron chi connectivity index (χ0n) is 10.8. The van der Waals surface area contributed by atoms with Crippen molar-refractivity contribution < 1.29 is 9.47 Å². The van der Waals surface area contributed by atoms with Gasteiger partial charge in [0, 0.05) is 20.3 Å². The highest BCUT2D eigenvalue weighted by atomic mass is 16.5. The Bertz CT molecular complexity index is 627. The molecule has 2 aromatic rings. The average Bonchev–Trinajstić information content (AvgIpc) is 2.84. The summed E-state index contributed by atoms with van der Waals surface area (Å²) in [5.74, 6) is 0.522. The van der Waals surface area contributed by atoms with Crippen molar-refractivity contribution >= 4 is 11.0 Å². The molecule has 1 N–H and O–H groups in total. The van der Waals surface area contributed by atoms with E-state index in [9.17, 15) is 4.79 Å². The molecule has 0 atom stereocenters. The van der Waals surface area contributed by atoms with E-state index in [4.69, 9.17) is 9.47 Å². The quantitative estimate of drug-likeness (QED) is 0.878. The minimum Gasteiger partial charge on any atom is -0.381 e. The van der Waals surface area contributed by atoms with E-state index in [2.05, 4.69) is 15.1 Å². The van der Waals surface area contributed by atoms with E-state index in [-0.39, 0.29) is 18.2 Å². The highest BCUT2D eigenvalue weighted by Gasteiger charge is 2.20. The van der Waals surface area contributed by atoms with Crippen LogP contribution in [0.15, 0.2) is 11.0 Å². The molecule has 0 aromatic carbocycles. The van der Waals surface area contributed by atoms with Gasteiger partial charge in [0.25, 0.3) is 5.56 Å². The van der Waals surface area contributed by atoms with Crippen molar-refractivity contribution in [2.75, 3.05) is 20.3 Å². The molecule has 3 rings (SSSR count). The van der Waals surface area contributed by atoms with E-state index < -0.39 is 0 Å². The molecule has 0 amide bonds. The lowest BCUT2D eigenvalue weighted by molar-refractivity contribution is 0.0673. The van der Waals surface area contributed by atoms with Crippen LogP contribution in [0.3, 0.4) is 0 Å². The molecule has 1 fully saturated rings. The number of H-pyrrole nitrogens is 1. The Kier molecular flexibility index (Phi) is 3.31. The molecular weight excluding hydrogens is 248 g/mol. The second-order valence-corrected chi connectivity index (χ2v) is 4.62. The van der Waals surface area contributed by atoms with E-state index in [0.717, 1.165) is 26.1 Å². The Labute approximate surface area is 109 Å². The van der Waals surface area contributed by atoms with Crippen molar-refractivity contribution in [3.63, 3.8) is 0 Å². The third-order valence-electron chi connectivity index (χ3n) is 3.33. The fraction of sp³-hybridized carbons (Fsp3) is 0.583. The summed E-state index contributed by atoms with van der Waals surface area (Å²) in [5.41, 5.74) is 0.457. The van der Waals surface area contributed by atoms with E-state index >= 15 is 0 Å². The highest BCUT2D eigenvalue weighted by molar-refractivity contribution is 5.73. The van der Waals surface area contributed by atoms with Crippen molar-refractivity contribution in [2.45, 2.75) is 25.5 Å². The van der Waals surface area contributed by atoms with Gasteiger partial charge in [-0.25, -0.2) is 9.67 Å². The molecule has 3 heterocycles. The number of fused-ring (bicyclic) bond motifs is 1. The van der Waals surface area contributed by atoms with E-state index in [1.807, 2.05) is 4.68 Å². The van der Waals surface area contributed by atoms with Crippen LogP contribution in [0.4, 0.5) is 0 Å². The van der Waals surface area contributed by atoms with Gasteiger partial charge in [-0.3, -0.25) is 4.79 Å². The normalized spacial score (nSPS) is 17.1. The summed E-state index contributed by atoms with van der Waals surface area (Å²) in [7, 11) is 1.57. The minimum atomic E-state index is -0.171. The second-order valence-electron chi connectivity index (χ2n) is 4.62. The third kappa shape index (κ3) is 2.26. The number of nitrogens with zero attached hydrogens (tertiary/aromatic N) is 3. The van der Waals surface area contributed by atoms with Gasteiger partial charge in [0.1, 0.15) is 17.8 Å². The van der Waals surface area contributed by atoms with Gasteiger partial charge in [0.2, 0.25) is 0 Å². The summed E-state index contributed by atoms with van der Waals surface area (Å²) in [6.45, 7) is 1.73. The van der Waals surface area contributed by atoms with Crippen LogP contribution in [0.2, 0.25) is 0 Å². The predicted molar refractivity (Wildman–Crippen MR) is 68.0 cm³/mol. The first-order chi connectivity index (χ1) is 9.29. The fourth-order valence-electron chi connectivity index (χ4n) is 2.38. The molecule has 19 heavy (non-hydrogen) atoms. The highest BCUT2D eigenvalue weighted by Crippen LogP contribution is 2.22. The monoisotopic (exact) mass is 264 g/mol. The molecule has 0 unspecified atom stereocenters. The number of aromatic amines is 1. The van der Waals surface area contributed by atoms with Crippen LogP contribution in [0, 0.1) is 0 Å². The smallest absolute Gasteiger partial charge is 0.262 e. The molecule has 0 aliphatic carbocycles. The van der Waals surface area contributed by atoms with Crippen LogP contribution < -0.4 is 5.56 Å². The number of hydrogen-bond acceptors (Lipinski definition) is 5. The lowest BCUT2D eigenvalue weighted by Crippen LogP contribution is -2.21. The third-order valence-corrected chi connectivity index (χ3v) is 3.33. The molecular formula is C12H16N4O3. The molecule has 102 valence electrons. The number of methoxy groups -OCH3 is 1.